The maximum Gasteiger partial charge on any atom is 0.123 e. The van der Waals surface area contributed by atoms with Crippen molar-refractivity contribution in [3.8, 4) is 28.4 Å². The van der Waals surface area contributed by atoms with Crippen LogP contribution in [0, 0.1) is 5.92 Å². The highest BCUT2D eigenvalue weighted by molar-refractivity contribution is 5.69. The smallest absolute Gasteiger partial charge is 0.123 e. The van der Waals surface area contributed by atoms with Crippen LogP contribution in [-0.2, 0) is 45.3 Å². The molecule has 3 nitrogen and oxygen atoms in total. The number of rotatable bonds is 4. The van der Waals surface area contributed by atoms with Gasteiger partial charge in [0.05, 0.1) is 0 Å². The molecule has 62 heavy (non-hydrogen) atoms. The first-order chi connectivity index (χ1) is 28.1. The molecule has 0 unspecified atom stereocenters. The first-order valence-electron chi connectivity index (χ1n) is 23.8. The lowest BCUT2D eigenvalue weighted by atomic mass is 9.74. The Hall–Kier alpha value is -3.72. The summed E-state index contributed by atoms with van der Waals surface area (Å²) in [5.41, 5.74) is 12.6. The molecular formula is C59H92O3. The van der Waals surface area contributed by atoms with Gasteiger partial charge in [0.2, 0.25) is 0 Å². The molecule has 346 valence electrons. The fourth-order valence-electron chi connectivity index (χ4n) is 8.55. The summed E-state index contributed by atoms with van der Waals surface area (Å²) in [4.78, 5) is 0. The van der Waals surface area contributed by atoms with Crippen molar-refractivity contribution in [1.82, 2.24) is 0 Å². The quantitative estimate of drug-likeness (QED) is 0.192. The van der Waals surface area contributed by atoms with Crippen LogP contribution >= 0.6 is 0 Å². The molecule has 0 spiro atoms. The minimum Gasteiger partial charge on any atom is -0.507 e. The third-order valence-electron chi connectivity index (χ3n) is 12.9. The number of aryl methyl sites for hydroxylation is 2. The normalized spacial score (nSPS) is 16.5. The number of hydrogen-bond acceptors (Lipinski definition) is 3. The zero-order valence-corrected chi connectivity index (χ0v) is 43.5. The number of aromatic hydroxyl groups is 3. The Morgan fingerprint density at radius 1 is 0.403 bits per heavy atom. The number of benzene rings is 4. The predicted octanol–water partition coefficient (Wildman–Crippen LogP) is 17.3. The second kappa shape index (κ2) is 19.6. The van der Waals surface area contributed by atoms with Crippen LogP contribution in [0.25, 0.3) is 11.1 Å². The fourth-order valence-corrected chi connectivity index (χ4v) is 8.55. The Labute approximate surface area is 382 Å². The molecule has 0 heterocycles. The molecule has 1 aliphatic carbocycles. The predicted molar refractivity (Wildman–Crippen MR) is 273 cm³/mol. The van der Waals surface area contributed by atoms with Gasteiger partial charge in [0, 0.05) is 12.6 Å². The lowest BCUT2D eigenvalue weighted by Crippen LogP contribution is -2.19. The molecule has 0 radical (unpaired) electrons. The van der Waals surface area contributed by atoms with Gasteiger partial charge in [-0.1, -0.05) is 207 Å². The van der Waals surface area contributed by atoms with E-state index in [1.54, 1.807) is 0 Å². The SMILES string of the molecule is CC1CCC(c2cc(C(C)(C)C)c(O)c(C(C)(C)C)c2)CC1.CCc1cc(C(C)(C)C)c(O)c(C(C)(C)C)c1.CCc1ccc(-c2cc(C(C)(C)C)c(O)c(C(C)(C)C)c2)cc1.[HH]. The minimum atomic E-state index is -0.0938. The van der Waals surface area contributed by atoms with E-state index in [0.29, 0.717) is 23.2 Å². The van der Waals surface area contributed by atoms with Gasteiger partial charge in [-0.2, -0.15) is 0 Å². The summed E-state index contributed by atoms with van der Waals surface area (Å²) in [6.45, 7) is 45.7. The molecule has 5 rings (SSSR count). The largest absolute Gasteiger partial charge is 0.507 e. The zero-order chi connectivity index (χ0) is 47.6. The fraction of sp³-hybridized carbons (Fsp3) is 0.593. The van der Waals surface area contributed by atoms with Gasteiger partial charge >= 0.3 is 0 Å². The zero-order valence-electron chi connectivity index (χ0n) is 43.5. The molecule has 0 amide bonds. The van der Waals surface area contributed by atoms with Crippen LogP contribution in [-0.4, -0.2) is 15.3 Å². The molecule has 0 atom stereocenters. The van der Waals surface area contributed by atoms with Gasteiger partial charge in [-0.05, 0) is 132 Å². The summed E-state index contributed by atoms with van der Waals surface area (Å²) in [5, 5.41) is 32.1. The first kappa shape index (κ1) is 52.6. The molecule has 4 aromatic carbocycles. The Balaban J connectivity index is 0.000000327. The van der Waals surface area contributed by atoms with Crippen molar-refractivity contribution in [3.05, 3.63) is 111 Å². The maximum absolute atomic E-state index is 10.8. The van der Waals surface area contributed by atoms with E-state index in [9.17, 15) is 15.3 Å². The van der Waals surface area contributed by atoms with Crippen molar-refractivity contribution >= 4 is 0 Å². The monoisotopic (exact) mass is 849 g/mol. The molecule has 4 aromatic rings. The number of phenols is 3. The van der Waals surface area contributed by atoms with E-state index in [-0.39, 0.29) is 33.9 Å². The Morgan fingerprint density at radius 3 is 0.984 bits per heavy atom. The summed E-state index contributed by atoms with van der Waals surface area (Å²) >= 11 is 0. The van der Waals surface area contributed by atoms with Crippen LogP contribution in [0.1, 0.15) is 228 Å². The van der Waals surface area contributed by atoms with Crippen molar-refractivity contribution in [2.24, 2.45) is 5.92 Å². The van der Waals surface area contributed by atoms with E-state index in [0.717, 1.165) is 52.1 Å². The molecule has 0 aliphatic heterocycles. The number of hydrogen-bond donors (Lipinski definition) is 3. The van der Waals surface area contributed by atoms with E-state index in [1.807, 2.05) is 0 Å². The van der Waals surface area contributed by atoms with Crippen molar-refractivity contribution in [2.75, 3.05) is 0 Å². The lowest BCUT2D eigenvalue weighted by Gasteiger charge is -2.32. The van der Waals surface area contributed by atoms with Crippen molar-refractivity contribution in [2.45, 2.75) is 222 Å². The van der Waals surface area contributed by atoms with E-state index in [2.05, 4.69) is 206 Å². The Kier molecular flexibility index (Phi) is 16.6. The summed E-state index contributed by atoms with van der Waals surface area (Å²) in [5.74, 6) is 2.96. The molecule has 0 bridgehead atoms. The summed E-state index contributed by atoms with van der Waals surface area (Å²) in [6, 6.07) is 21.9. The van der Waals surface area contributed by atoms with Crippen LogP contribution in [0.15, 0.2) is 60.7 Å². The molecule has 1 fully saturated rings. The molecular weight excluding hydrogens is 757 g/mol. The molecule has 3 heteroatoms. The van der Waals surface area contributed by atoms with Crippen molar-refractivity contribution < 1.29 is 16.7 Å². The minimum absolute atomic E-state index is 0. The topological polar surface area (TPSA) is 60.7 Å². The Morgan fingerprint density at radius 2 is 0.694 bits per heavy atom. The average molecular weight is 849 g/mol. The highest BCUT2D eigenvalue weighted by atomic mass is 16.3. The standard InChI is InChI=1S/C22H30O.C21H34O.C16H26O.H2/c1-8-15-9-11-16(12-10-15)17-13-18(21(2,3)4)20(23)19(14-17)22(5,6)7;1-14-8-10-15(11-9-14)16-12-17(20(2,3)4)19(22)18(13-16)21(5,6)7;1-8-11-9-12(15(2,3)4)14(17)13(10-11)16(5,6)7;/h9-14,23H,8H2,1-7H3;12-15,22H,8-11H2,1-7H3;9-10,17H,8H2,1-7H3;1H. The summed E-state index contributed by atoms with van der Waals surface area (Å²) < 4.78 is 0. The highest BCUT2D eigenvalue weighted by Gasteiger charge is 2.31. The second-order valence-corrected chi connectivity index (χ2v) is 24.8. The van der Waals surface area contributed by atoms with E-state index >= 15 is 0 Å². The first-order valence-corrected chi connectivity index (χ1v) is 23.8. The molecule has 0 saturated heterocycles. The maximum atomic E-state index is 10.8. The van der Waals surface area contributed by atoms with Crippen LogP contribution in [0.4, 0.5) is 0 Å². The van der Waals surface area contributed by atoms with E-state index in [4.69, 9.17) is 0 Å². The molecule has 3 N–H and O–H groups in total. The van der Waals surface area contributed by atoms with Gasteiger partial charge in [0.1, 0.15) is 17.2 Å². The van der Waals surface area contributed by atoms with Gasteiger partial charge in [-0.25, -0.2) is 0 Å². The van der Waals surface area contributed by atoms with Crippen LogP contribution in [0.3, 0.4) is 0 Å². The lowest BCUT2D eigenvalue weighted by molar-refractivity contribution is 0.346. The third-order valence-corrected chi connectivity index (χ3v) is 12.9. The molecule has 1 aliphatic rings. The van der Waals surface area contributed by atoms with Crippen molar-refractivity contribution in [1.29, 1.82) is 0 Å². The van der Waals surface area contributed by atoms with Gasteiger partial charge in [-0.3, -0.25) is 0 Å². The van der Waals surface area contributed by atoms with E-state index < -0.39 is 0 Å². The third kappa shape index (κ3) is 13.6. The Bertz CT molecular complexity index is 1980. The summed E-state index contributed by atoms with van der Waals surface area (Å²) in [7, 11) is 0. The van der Waals surface area contributed by atoms with Gasteiger partial charge in [0.15, 0.2) is 0 Å². The van der Waals surface area contributed by atoms with Gasteiger partial charge in [0.25, 0.3) is 0 Å². The van der Waals surface area contributed by atoms with E-state index in [1.165, 1.54) is 53.5 Å². The molecule has 1 saturated carbocycles. The van der Waals surface area contributed by atoms with Crippen molar-refractivity contribution in [3.63, 3.8) is 0 Å². The van der Waals surface area contributed by atoms with Gasteiger partial charge < -0.3 is 15.3 Å². The molecule has 0 aromatic heterocycles. The number of phenolic OH excluding ortho intramolecular Hbond substituents is 3. The van der Waals surface area contributed by atoms with Crippen LogP contribution in [0.5, 0.6) is 17.2 Å². The van der Waals surface area contributed by atoms with Crippen LogP contribution in [0.2, 0.25) is 0 Å². The second-order valence-electron chi connectivity index (χ2n) is 24.8. The average Bonchev–Trinajstić information content (AvgIpc) is 3.13. The van der Waals surface area contributed by atoms with Crippen LogP contribution < -0.4 is 0 Å². The highest BCUT2D eigenvalue weighted by Crippen LogP contribution is 2.45. The van der Waals surface area contributed by atoms with Gasteiger partial charge in [-0.15, -0.1) is 0 Å². The summed E-state index contributed by atoms with van der Waals surface area (Å²) in [6.07, 6.45) is 7.31.